The van der Waals surface area contributed by atoms with Crippen molar-refractivity contribution in [1.29, 1.82) is 0 Å². The topological polar surface area (TPSA) is 35.5 Å². The van der Waals surface area contributed by atoms with E-state index in [-0.39, 0.29) is 12.6 Å². The predicted molar refractivity (Wildman–Crippen MR) is 60.6 cm³/mol. The molecule has 0 heterocycles. The van der Waals surface area contributed by atoms with E-state index in [1.54, 1.807) is 12.2 Å². The molecule has 0 spiro atoms. The zero-order chi connectivity index (χ0) is 11.9. The molecule has 0 radical (unpaired) electrons. The summed E-state index contributed by atoms with van der Waals surface area (Å²) >= 11 is 0. The highest BCUT2D eigenvalue weighted by atomic mass is 16.6. The van der Waals surface area contributed by atoms with E-state index in [1.165, 1.54) is 0 Å². The lowest BCUT2D eigenvalue weighted by molar-refractivity contribution is -0.150. The summed E-state index contributed by atoms with van der Waals surface area (Å²) in [5.74, 6) is -0.351. The fourth-order valence-electron chi connectivity index (χ4n) is 0.873. The fourth-order valence-corrected chi connectivity index (χ4v) is 0.873. The van der Waals surface area contributed by atoms with Gasteiger partial charge in [-0.15, -0.1) is 0 Å². The Hall–Kier alpha value is -1.09. The van der Waals surface area contributed by atoms with E-state index in [0.717, 1.165) is 0 Å². The summed E-state index contributed by atoms with van der Waals surface area (Å²) in [5.41, 5.74) is 0.00517. The number of hydrogen-bond acceptors (Lipinski definition) is 3. The molecule has 0 aliphatic carbocycles. The standard InChI is InChI=1S/C12H20O3/c1-6-8-10(9-14-7-2)11(13)15-12(3,4)5/h6,8H,1,7,9H2,2-5H3. The van der Waals surface area contributed by atoms with Gasteiger partial charge in [0.1, 0.15) is 5.60 Å². The molecule has 0 fully saturated rings. The van der Waals surface area contributed by atoms with Gasteiger partial charge in [0.25, 0.3) is 0 Å². The number of allylic oxidation sites excluding steroid dienone is 2. The van der Waals surface area contributed by atoms with Gasteiger partial charge in [0, 0.05) is 6.61 Å². The summed E-state index contributed by atoms with van der Waals surface area (Å²) in [7, 11) is 0. The van der Waals surface area contributed by atoms with Gasteiger partial charge in [-0.1, -0.05) is 18.7 Å². The molecule has 0 aromatic rings. The van der Waals surface area contributed by atoms with Crippen LogP contribution in [0.3, 0.4) is 0 Å². The predicted octanol–water partition coefficient (Wildman–Crippen LogP) is 2.48. The highest BCUT2D eigenvalue weighted by Gasteiger charge is 2.19. The minimum Gasteiger partial charge on any atom is -0.457 e. The number of hydrogen-bond donors (Lipinski definition) is 0. The van der Waals surface area contributed by atoms with Crippen molar-refractivity contribution in [3.63, 3.8) is 0 Å². The smallest absolute Gasteiger partial charge is 0.336 e. The quantitative estimate of drug-likeness (QED) is 0.399. The Bertz CT molecular complexity index is 246. The normalized spacial score (nSPS) is 12.4. The van der Waals surface area contributed by atoms with Gasteiger partial charge >= 0.3 is 5.97 Å². The van der Waals surface area contributed by atoms with Crippen molar-refractivity contribution in [2.45, 2.75) is 33.3 Å². The summed E-state index contributed by atoms with van der Waals surface area (Å²) in [6.45, 7) is 11.7. The number of ether oxygens (including phenoxy) is 2. The Balaban J connectivity index is 4.43. The molecule has 15 heavy (non-hydrogen) atoms. The van der Waals surface area contributed by atoms with Crippen LogP contribution < -0.4 is 0 Å². The maximum absolute atomic E-state index is 11.6. The Morgan fingerprint density at radius 1 is 1.40 bits per heavy atom. The minimum atomic E-state index is -0.483. The van der Waals surface area contributed by atoms with E-state index in [0.29, 0.717) is 12.2 Å². The van der Waals surface area contributed by atoms with E-state index in [1.807, 2.05) is 27.7 Å². The first kappa shape index (κ1) is 13.9. The van der Waals surface area contributed by atoms with Crippen LogP contribution >= 0.6 is 0 Å². The first-order chi connectivity index (χ1) is 6.90. The van der Waals surface area contributed by atoms with E-state index in [9.17, 15) is 4.79 Å². The summed E-state index contributed by atoms with van der Waals surface area (Å²) < 4.78 is 10.4. The average molecular weight is 212 g/mol. The Labute approximate surface area is 91.8 Å². The second-order valence-electron chi connectivity index (χ2n) is 4.07. The lowest BCUT2D eigenvalue weighted by Crippen LogP contribution is -2.26. The molecule has 0 N–H and O–H groups in total. The molecule has 0 saturated carbocycles. The van der Waals surface area contributed by atoms with Crippen molar-refractivity contribution in [2.75, 3.05) is 13.2 Å². The number of esters is 1. The second-order valence-corrected chi connectivity index (χ2v) is 4.07. The monoisotopic (exact) mass is 212 g/mol. The van der Waals surface area contributed by atoms with Crippen molar-refractivity contribution in [2.24, 2.45) is 0 Å². The van der Waals surface area contributed by atoms with Gasteiger partial charge in [-0.25, -0.2) is 4.79 Å². The maximum Gasteiger partial charge on any atom is 0.336 e. The molecule has 0 aliphatic rings. The molecular weight excluding hydrogens is 192 g/mol. The number of rotatable bonds is 5. The highest BCUT2D eigenvalue weighted by molar-refractivity contribution is 5.89. The summed E-state index contributed by atoms with van der Waals surface area (Å²) in [5, 5.41) is 0. The van der Waals surface area contributed by atoms with Crippen LogP contribution in [0.15, 0.2) is 24.3 Å². The number of carbonyl (C=O) groups is 1. The largest absolute Gasteiger partial charge is 0.457 e. The van der Waals surface area contributed by atoms with Gasteiger partial charge in [0.2, 0.25) is 0 Å². The Morgan fingerprint density at radius 3 is 2.40 bits per heavy atom. The molecule has 0 rings (SSSR count). The molecule has 0 aromatic heterocycles. The van der Waals surface area contributed by atoms with E-state index in [4.69, 9.17) is 9.47 Å². The summed E-state index contributed by atoms with van der Waals surface area (Å²) in [6.07, 6.45) is 3.17. The van der Waals surface area contributed by atoms with Gasteiger partial charge < -0.3 is 9.47 Å². The summed E-state index contributed by atoms with van der Waals surface area (Å²) in [6, 6.07) is 0. The van der Waals surface area contributed by atoms with Crippen LogP contribution in [-0.2, 0) is 14.3 Å². The van der Waals surface area contributed by atoms with Crippen LogP contribution in [0.25, 0.3) is 0 Å². The van der Waals surface area contributed by atoms with Crippen LogP contribution in [0.5, 0.6) is 0 Å². The molecule has 0 unspecified atom stereocenters. The zero-order valence-electron chi connectivity index (χ0n) is 10.0. The third-order valence-corrected chi connectivity index (χ3v) is 1.44. The van der Waals surface area contributed by atoms with Crippen molar-refractivity contribution in [3.05, 3.63) is 24.3 Å². The molecule has 0 bridgehead atoms. The van der Waals surface area contributed by atoms with Crippen LogP contribution in [0.2, 0.25) is 0 Å². The molecule has 0 amide bonds. The fraction of sp³-hybridized carbons (Fsp3) is 0.583. The van der Waals surface area contributed by atoms with Crippen LogP contribution in [0.4, 0.5) is 0 Å². The first-order valence-corrected chi connectivity index (χ1v) is 5.03. The van der Waals surface area contributed by atoms with E-state index < -0.39 is 5.60 Å². The van der Waals surface area contributed by atoms with Gasteiger partial charge in [-0.2, -0.15) is 0 Å². The number of carbonyl (C=O) groups excluding carboxylic acids is 1. The van der Waals surface area contributed by atoms with Crippen molar-refractivity contribution in [1.82, 2.24) is 0 Å². The van der Waals surface area contributed by atoms with Gasteiger partial charge in [-0.3, -0.25) is 0 Å². The van der Waals surface area contributed by atoms with Crippen molar-refractivity contribution >= 4 is 5.97 Å². The van der Waals surface area contributed by atoms with E-state index in [2.05, 4.69) is 6.58 Å². The lowest BCUT2D eigenvalue weighted by Gasteiger charge is -2.20. The molecular formula is C12H20O3. The molecule has 3 heteroatoms. The SMILES string of the molecule is C=CC=C(COCC)C(=O)OC(C)(C)C. The maximum atomic E-state index is 11.6. The third kappa shape index (κ3) is 6.91. The van der Waals surface area contributed by atoms with Gasteiger partial charge in [0.15, 0.2) is 0 Å². The van der Waals surface area contributed by atoms with Crippen LogP contribution in [0.1, 0.15) is 27.7 Å². The average Bonchev–Trinajstić information content (AvgIpc) is 2.09. The van der Waals surface area contributed by atoms with Crippen molar-refractivity contribution in [3.8, 4) is 0 Å². The highest BCUT2D eigenvalue weighted by Crippen LogP contribution is 2.11. The van der Waals surface area contributed by atoms with Crippen molar-refractivity contribution < 1.29 is 14.3 Å². The molecule has 0 saturated heterocycles. The van der Waals surface area contributed by atoms with Crippen LogP contribution in [0, 0.1) is 0 Å². The molecule has 3 nitrogen and oxygen atoms in total. The van der Waals surface area contributed by atoms with Crippen LogP contribution in [-0.4, -0.2) is 24.8 Å². The second kappa shape index (κ2) is 6.40. The summed E-state index contributed by atoms with van der Waals surface area (Å²) in [4.78, 5) is 11.6. The Morgan fingerprint density at radius 2 is 2.00 bits per heavy atom. The lowest BCUT2D eigenvalue weighted by atomic mass is 10.2. The molecule has 0 aromatic carbocycles. The van der Waals surface area contributed by atoms with E-state index >= 15 is 0 Å². The van der Waals surface area contributed by atoms with Gasteiger partial charge in [0.05, 0.1) is 12.2 Å². The van der Waals surface area contributed by atoms with Gasteiger partial charge in [-0.05, 0) is 27.7 Å². The minimum absolute atomic E-state index is 0.261. The molecule has 86 valence electrons. The molecule has 0 aliphatic heterocycles. The molecule has 0 atom stereocenters. The third-order valence-electron chi connectivity index (χ3n) is 1.44. The first-order valence-electron chi connectivity index (χ1n) is 5.03. The zero-order valence-corrected chi connectivity index (χ0v) is 10.0. The Kier molecular flexibility index (Phi) is 5.94.